The second kappa shape index (κ2) is 5.63. The Hall–Kier alpha value is -2.25. The van der Waals surface area contributed by atoms with Gasteiger partial charge in [-0.15, -0.1) is 0 Å². The predicted molar refractivity (Wildman–Crippen MR) is 75.5 cm³/mol. The summed E-state index contributed by atoms with van der Waals surface area (Å²) in [7, 11) is 0. The van der Waals surface area contributed by atoms with Crippen LogP contribution in [-0.2, 0) is 4.74 Å². The van der Waals surface area contributed by atoms with E-state index in [1.54, 1.807) is 12.1 Å². The van der Waals surface area contributed by atoms with Crippen molar-refractivity contribution in [3.8, 4) is 0 Å². The topological polar surface area (TPSA) is 95.8 Å². The number of rotatable bonds is 3. The van der Waals surface area contributed by atoms with Gasteiger partial charge in [-0.05, 0) is 18.2 Å². The Balaban J connectivity index is 2.00. The Morgan fingerprint density at radius 2 is 2.29 bits per heavy atom. The van der Waals surface area contributed by atoms with Crippen LogP contribution in [0.1, 0.15) is 10.4 Å². The second-order valence-corrected chi connectivity index (χ2v) is 4.86. The van der Waals surface area contributed by atoms with Gasteiger partial charge in [0.25, 0.3) is 0 Å². The lowest BCUT2D eigenvalue weighted by Gasteiger charge is -2.33. The van der Waals surface area contributed by atoms with Gasteiger partial charge in [0.15, 0.2) is 0 Å². The fraction of sp³-hybridized carbons (Fsp3) is 0.357. The molecule has 1 saturated heterocycles. The van der Waals surface area contributed by atoms with Gasteiger partial charge < -0.3 is 19.8 Å². The average molecular weight is 289 g/mol. The number of carboxylic acid groups (broad SMARTS) is 1. The SMILES string of the molecule is O=C(O)c1ccc2c(N3CCOC(CO)C3)ncnc2c1. The standard InChI is InChI=1S/C14H15N3O4/c18-7-10-6-17(3-4-21-10)13-11-2-1-9(14(19)20)5-12(11)15-8-16-13/h1-2,5,8,10,18H,3-4,6-7H2,(H,19,20). The maximum Gasteiger partial charge on any atom is 0.335 e. The first-order chi connectivity index (χ1) is 10.2. The van der Waals surface area contributed by atoms with E-state index in [2.05, 4.69) is 9.97 Å². The lowest BCUT2D eigenvalue weighted by Crippen LogP contribution is -2.44. The van der Waals surface area contributed by atoms with Crippen molar-refractivity contribution in [2.75, 3.05) is 31.2 Å². The van der Waals surface area contributed by atoms with Gasteiger partial charge in [0.05, 0.1) is 30.4 Å². The number of aromatic carboxylic acids is 1. The zero-order valence-electron chi connectivity index (χ0n) is 11.3. The molecule has 7 heteroatoms. The van der Waals surface area contributed by atoms with Gasteiger partial charge in [-0.1, -0.05) is 0 Å². The van der Waals surface area contributed by atoms with Gasteiger partial charge in [-0.3, -0.25) is 0 Å². The summed E-state index contributed by atoms with van der Waals surface area (Å²) < 4.78 is 5.43. The van der Waals surface area contributed by atoms with Crippen LogP contribution < -0.4 is 4.90 Å². The van der Waals surface area contributed by atoms with Crippen LogP contribution in [0.3, 0.4) is 0 Å². The number of carboxylic acids is 1. The minimum Gasteiger partial charge on any atom is -0.478 e. The summed E-state index contributed by atoms with van der Waals surface area (Å²) in [5, 5.41) is 19.0. The molecule has 1 fully saturated rings. The summed E-state index contributed by atoms with van der Waals surface area (Å²) >= 11 is 0. The van der Waals surface area contributed by atoms with Crippen molar-refractivity contribution in [2.45, 2.75) is 6.10 Å². The third-order valence-electron chi connectivity index (χ3n) is 3.50. The molecular formula is C14H15N3O4. The van der Waals surface area contributed by atoms with Crippen molar-refractivity contribution < 1.29 is 19.7 Å². The number of fused-ring (bicyclic) bond motifs is 1. The Bertz CT molecular complexity index is 676. The van der Waals surface area contributed by atoms with E-state index >= 15 is 0 Å². The molecule has 2 N–H and O–H groups in total. The summed E-state index contributed by atoms with van der Waals surface area (Å²) in [5.74, 6) is -0.248. The van der Waals surface area contributed by atoms with E-state index < -0.39 is 5.97 Å². The number of hydrogen-bond acceptors (Lipinski definition) is 6. The molecule has 0 radical (unpaired) electrons. The molecule has 2 aromatic rings. The van der Waals surface area contributed by atoms with Crippen LogP contribution in [0.25, 0.3) is 10.9 Å². The zero-order chi connectivity index (χ0) is 14.8. The lowest BCUT2D eigenvalue weighted by atomic mass is 10.1. The van der Waals surface area contributed by atoms with Gasteiger partial charge in [0.2, 0.25) is 0 Å². The summed E-state index contributed by atoms with van der Waals surface area (Å²) in [6, 6.07) is 4.80. The molecule has 1 atom stereocenters. The van der Waals surface area contributed by atoms with E-state index in [1.807, 2.05) is 4.90 Å². The predicted octanol–water partition coefficient (Wildman–Crippen LogP) is 0.525. The van der Waals surface area contributed by atoms with Crippen molar-refractivity contribution >= 4 is 22.7 Å². The fourth-order valence-corrected chi connectivity index (χ4v) is 2.45. The van der Waals surface area contributed by atoms with Crippen LogP contribution in [-0.4, -0.2) is 58.6 Å². The zero-order valence-corrected chi connectivity index (χ0v) is 11.3. The summed E-state index contributed by atoms with van der Waals surface area (Å²) in [4.78, 5) is 21.5. The summed E-state index contributed by atoms with van der Waals surface area (Å²) in [6.07, 6.45) is 1.19. The van der Waals surface area contributed by atoms with Crippen molar-refractivity contribution in [3.05, 3.63) is 30.1 Å². The first kappa shape index (κ1) is 13.7. The number of benzene rings is 1. The highest BCUT2D eigenvalue weighted by molar-refractivity contribution is 5.96. The summed E-state index contributed by atoms with van der Waals surface area (Å²) in [5.41, 5.74) is 0.786. The molecule has 1 unspecified atom stereocenters. The monoisotopic (exact) mass is 289 g/mol. The fourth-order valence-electron chi connectivity index (χ4n) is 2.45. The molecule has 2 heterocycles. The van der Waals surface area contributed by atoms with Gasteiger partial charge in [-0.25, -0.2) is 14.8 Å². The smallest absolute Gasteiger partial charge is 0.335 e. The number of aliphatic hydroxyl groups excluding tert-OH is 1. The van der Waals surface area contributed by atoms with E-state index in [9.17, 15) is 9.90 Å². The highest BCUT2D eigenvalue weighted by Crippen LogP contribution is 2.25. The van der Waals surface area contributed by atoms with Gasteiger partial charge in [-0.2, -0.15) is 0 Å². The van der Waals surface area contributed by atoms with E-state index in [1.165, 1.54) is 12.4 Å². The normalized spacial score (nSPS) is 18.9. The number of hydrogen-bond donors (Lipinski definition) is 2. The van der Waals surface area contributed by atoms with Crippen molar-refractivity contribution in [1.82, 2.24) is 9.97 Å². The minimum atomic E-state index is -0.983. The molecule has 7 nitrogen and oxygen atoms in total. The molecule has 1 aromatic carbocycles. The average Bonchev–Trinajstić information content (AvgIpc) is 2.53. The van der Waals surface area contributed by atoms with Crippen LogP contribution in [0.5, 0.6) is 0 Å². The highest BCUT2D eigenvalue weighted by Gasteiger charge is 2.22. The van der Waals surface area contributed by atoms with Gasteiger partial charge >= 0.3 is 5.97 Å². The third kappa shape index (κ3) is 2.65. The molecule has 110 valence electrons. The van der Waals surface area contributed by atoms with E-state index in [4.69, 9.17) is 9.84 Å². The molecule has 0 amide bonds. The maximum absolute atomic E-state index is 11.0. The third-order valence-corrected chi connectivity index (χ3v) is 3.50. The number of aromatic nitrogens is 2. The number of aliphatic hydroxyl groups is 1. The van der Waals surface area contributed by atoms with Gasteiger partial charge in [0, 0.05) is 18.5 Å². The maximum atomic E-state index is 11.0. The van der Waals surface area contributed by atoms with Crippen LogP contribution in [0, 0.1) is 0 Å². The Labute approximate surface area is 120 Å². The van der Waals surface area contributed by atoms with E-state index in [0.29, 0.717) is 25.2 Å². The van der Waals surface area contributed by atoms with E-state index in [0.717, 1.165) is 11.2 Å². The molecule has 1 aromatic heterocycles. The minimum absolute atomic E-state index is 0.0390. The number of morpholine rings is 1. The van der Waals surface area contributed by atoms with Crippen molar-refractivity contribution in [2.24, 2.45) is 0 Å². The molecule has 0 spiro atoms. The highest BCUT2D eigenvalue weighted by atomic mass is 16.5. The Kier molecular flexibility index (Phi) is 3.68. The van der Waals surface area contributed by atoms with E-state index in [-0.39, 0.29) is 18.3 Å². The quantitative estimate of drug-likeness (QED) is 0.850. The lowest BCUT2D eigenvalue weighted by molar-refractivity contribution is 0.00343. The van der Waals surface area contributed by atoms with Crippen molar-refractivity contribution in [3.63, 3.8) is 0 Å². The molecule has 3 rings (SSSR count). The van der Waals surface area contributed by atoms with Crippen molar-refractivity contribution in [1.29, 1.82) is 0 Å². The van der Waals surface area contributed by atoms with Crippen LogP contribution in [0.4, 0.5) is 5.82 Å². The number of ether oxygens (including phenoxy) is 1. The molecule has 1 aliphatic rings. The van der Waals surface area contributed by atoms with Crippen LogP contribution >= 0.6 is 0 Å². The molecule has 0 bridgehead atoms. The molecular weight excluding hydrogens is 274 g/mol. The van der Waals surface area contributed by atoms with Crippen LogP contribution in [0.2, 0.25) is 0 Å². The number of carbonyl (C=O) groups is 1. The molecule has 0 aliphatic carbocycles. The first-order valence-corrected chi connectivity index (χ1v) is 6.64. The summed E-state index contributed by atoms with van der Waals surface area (Å²) in [6.45, 7) is 1.69. The largest absolute Gasteiger partial charge is 0.478 e. The molecule has 1 aliphatic heterocycles. The second-order valence-electron chi connectivity index (χ2n) is 4.86. The number of nitrogens with zero attached hydrogens (tertiary/aromatic N) is 3. The number of anilines is 1. The van der Waals surface area contributed by atoms with Gasteiger partial charge in [0.1, 0.15) is 12.1 Å². The molecule has 0 saturated carbocycles. The van der Waals surface area contributed by atoms with Crippen LogP contribution in [0.15, 0.2) is 24.5 Å². The Morgan fingerprint density at radius 1 is 1.43 bits per heavy atom. The molecule has 21 heavy (non-hydrogen) atoms. The Morgan fingerprint density at radius 3 is 3.05 bits per heavy atom. The first-order valence-electron chi connectivity index (χ1n) is 6.64.